The average molecular weight is 279 g/mol. The Labute approximate surface area is 119 Å². The maximum absolute atomic E-state index is 13.8. The molecule has 20 heavy (non-hydrogen) atoms. The van der Waals surface area contributed by atoms with Crippen LogP contribution in [0.15, 0.2) is 18.2 Å². The van der Waals surface area contributed by atoms with Crippen molar-refractivity contribution in [3.8, 4) is 0 Å². The van der Waals surface area contributed by atoms with Gasteiger partial charge in [-0.25, -0.2) is 4.39 Å². The Bertz CT molecular complexity index is 468. The van der Waals surface area contributed by atoms with E-state index in [-0.39, 0.29) is 17.7 Å². The largest absolute Gasteiger partial charge is 0.466 e. The molecule has 1 saturated carbocycles. The number of carbonyl (C=O) groups excluding carboxylic acids is 1. The van der Waals surface area contributed by atoms with Crippen molar-refractivity contribution in [2.45, 2.75) is 38.5 Å². The summed E-state index contributed by atoms with van der Waals surface area (Å²) in [6.45, 7) is 2.27. The van der Waals surface area contributed by atoms with Crippen LogP contribution in [0, 0.1) is 11.7 Å². The lowest BCUT2D eigenvalue weighted by atomic mass is 9.78. The minimum absolute atomic E-state index is 0.0210. The molecule has 0 heterocycles. The summed E-state index contributed by atoms with van der Waals surface area (Å²) in [5, 5.41) is 2.83. The molecular weight excluding hydrogens is 257 g/mol. The van der Waals surface area contributed by atoms with Gasteiger partial charge in [-0.3, -0.25) is 4.79 Å². The van der Waals surface area contributed by atoms with E-state index in [0.29, 0.717) is 18.2 Å². The second kappa shape index (κ2) is 6.73. The molecule has 0 aliphatic heterocycles. The fraction of sp³-hybridized carbons (Fsp3) is 0.562. The predicted octanol–water partition coefficient (Wildman–Crippen LogP) is 3.70. The van der Waals surface area contributed by atoms with E-state index in [1.165, 1.54) is 0 Å². The number of rotatable bonds is 4. The van der Waals surface area contributed by atoms with Crippen molar-refractivity contribution >= 4 is 11.7 Å². The van der Waals surface area contributed by atoms with Crippen molar-refractivity contribution in [1.82, 2.24) is 0 Å². The molecule has 4 heteroatoms. The first-order chi connectivity index (χ1) is 9.65. The summed E-state index contributed by atoms with van der Waals surface area (Å²) in [6.07, 6.45) is 3.50. The molecule has 1 fully saturated rings. The van der Waals surface area contributed by atoms with E-state index in [9.17, 15) is 9.18 Å². The maximum Gasteiger partial charge on any atom is 0.308 e. The number of nitrogens with one attached hydrogen (secondary N) is 1. The van der Waals surface area contributed by atoms with E-state index >= 15 is 0 Å². The van der Waals surface area contributed by atoms with E-state index in [4.69, 9.17) is 4.74 Å². The molecule has 1 aromatic carbocycles. The summed E-state index contributed by atoms with van der Waals surface area (Å²) < 4.78 is 18.8. The third kappa shape index (κ3) is 3.30. The van der Waals surface area contributed by atoms with Gasteiger partial charge < -0.3 is 10.1 Å². The molecule has 1 aromatic rings. The standard InChI is InChI=1S/C16H22FNO2/c1-3-20-16(19)12-6-4-11(5-7-12)13-8-9-15(18-2)14(17)10-13/h8-12,18H,3-7H2,1-2H3. The van der Waals surface area contributed by atoms with Crippen LogP contribution in [0.3, 0.4) is 0 Å². The van der Waals surface area contributed by atoms with Crippen LogP contribution in [0.5, 0.6) is 0 Å². The summed E-state index contributed by atoms with van der Waals surface area (Å²) in [6, 6.07) is 5.37. The summed E-state index contributed by atoms with van der Waals surface area (Å²) in [4.78, 5) is 11.7. The predicted molar refractivity (Wildman–Crippen MR) is 77.3 cm³/mol. The lowest BCUT2D eigenvalue weighted by Gasteiger charge is -2.27. The van der Waals surface area contributed by atoms with Gasteiger partial charge in [0.05, 0.1) is 18.2 Å². The zero-order valence-electron chi connectivity index (χ0n) is 12.1. The van der Waals surface area contributed by atoms with Gasteiger partial charge in [0.25, 0.3) is 0 Å². The van der Waals surface area contributed by atoms with Crippen LogP contribution in [0.4, 0.5) is 10.1 Å². The van der Waals surface area contributed by atoms with E-state index < -0.39 is 0 Å². The molecule has 3 nitrogen and oxygen atoms in total. The fourth-order valence-corrected chi connectivity index (χ4v) is 2.91. The van der Waals surface area contributed by atoms with E-state index in [0.717, 1.165) is 31.2 Å². The highest BCUT2D eigenvalue weighted by atomic mass is 19.1. The summed E-state index contributed by atoms with van der Waals surface area (Å²) in [5.41, 5.74) is 1.55. The monoisotopic (exact) mass is 279 g/mol. The van der Waals surface area contributed by atoms with E-state index in [1.54, 1.807) is 19.2 Å². The molecule has 0 unspecified atom stereocenters. The molecule has 0 spiro atoms. The Morgan fingerprint density at radius 1 is 1.35 bits per heavy atom. The minimum Gasteiger partial charge on any atom is -0.466 e. The fourth-order valence-electron chi connectivity index (χ4n) is 2.91. The Balaban J connectivity index is 1.97. The Hall–Kier alpha value is -1.58. The molecule has 0 amide bonds. The smallest absolute Gasteiger partial charge is 0.308 e. The molecule has 0 bridgehead atoms. The first-order valence-corrected chi connectivity index (χ1v) is 7.29. The molecule has 0 saturated heterocycles. The van der Waals surface area contributed by atoms with Crippen LogP contribution in [-0.4, -0.2) is 19.6 Å². The van der Waals surface area contributed by atoms with Gasteiger partial charge in [0.15, 0.2) is 0 Å². The quantitative estimate of drug-likeness (QED) is 0.854. The third-order valence-electron chi connectivity index (χ3n) is 4.08. The molecule has 1 aliphatic carbocycles. The lowest BCUT2D eigenvalue weighted by molar-refractivity contribution is -0.149. The lowest BCUT2D eigenvalue weighted by Crippen LogP contribution is -2.23. The highest BCUT2D eigenvalue weighted by Gasteiger charge is 2.28. The van der Waals surface area contributed by atoms with Crippen molar-refractivity contribution in [1.29, 1.82) is 0 Å². The number of esters is 1. The third-order valence-corrected chi connectivity index (χ3v) is 4.08. The molecule has 1 N–H and O–H groups in total. The van der Waals surface area contributed by atoms with Crippen LogP contribution in [0.2, 0.25) is 0 Å². The summed E-state index contributed by atoms with van der Waals surface area (Å²) in [5.74, 6) is 0.0777. The van der Waals surface area contributed by atoms with Crippen LogP contribution in [0.1, 0.15) is 44.1 Å². The zero-order valence-corrected chi connectivity index (χ0v) is 12.1. The van der Waals surface area contributed by atoms with Gasteiger partial charge in [-0.1, -0.05) is 6.07 Å². The van der Waals surface area contributed by atoms with Gasteiger partial charge in [-0.05, 0) is 56.2 Å². The highest BCUT2D eigenvalue weighted by molar-refractivity contribution is 5.72. The normalized spacial score (nSPS) is 22.4. The number of hydrogen-bond acceptors (Lipinski definition) is 3. The second-order valence-corrected chi connectivity index (χ2v) is 5.29. The van der Waals surface area contributed by atoms with Crippen molar-refractivity contribution in [3.63, 3.8) is 0 Å². The van der Waals surface area contributed by atoms with Gasteiger partial charge in [-0.2, -0.15) is 0 Å². The van der Waals surface area contributed by atoms with Crippen LogP contribution < -0.4 is 5.32 Å². The van der Waals surface area contributed by atoms with E-state index in [1.807, 2.05) is 13.0 Å². The molecule has 0 atom stereocenters. The maximum atomic E-state index is 13.8. The first-order valence-electron chi connectivity index (χ1n) is 7.29. The van der Waals surface area contributed by atoms with Gasteiger partial charge in [0, 0.05) is 7.05 Å². The topological polar surface area (TPSA) is 38.3 Å². The Morgan fingerprint density at radius 2 is 2.05 bits per heavy atom. The molecule has 110 valence electrons. The second-order valence-electron chi connectivity index (χ2n) is 5.29. The number of benzene rings is 1. The van der Waals surface area contributed by atoms with Crippen molar-refractivity contribution < 1.29 is 13.9 Å². The van der Waals surface area contributed by atoms with Crippen LogP contribution >= 0.6 is 0 Å². The highest BCUT2D eigenvalue weighted by Crippen LogP contribution is 2.37. The number of anilines is 1. The minimum atomic E-state index is -0.211. The van der Waals surface area contributed by atoms with Crippen molar-refractivity contribution in [2.75, 3.05) is 19.0 Å². The van der Waals surface area contributed by atoms with Crippen molar-refractivity contribution in [3.05, 3.63) is 29.6 Å². The molecule has 0 radical (unpaired) electrons. The number of hydrogen-bond donors (Lipinski definition) is 1. The van der Waals surface area contributed by atoms with E-state index in [2.05, 4.69) is 5.32 Å². The molecular formula is C16H22FNO2. The van der Waals surface area contributed by atoms with Crippen molar-refractivity contribution in [2.24, 2.45) is 5.92 Å². The number of halogens is 1. The molecule has 0 aromatic heterocycles. The van der Waals surface area contributed by atoms with Gasteiger partial charge in [-0.15, -0.1) is 0 Å². The first kappa shape index (κ1) is 14.8. The SMILES string of the molecule is CCOC(=O)C1CCC(c2ccc(NC)c(F)c2)CC1. The summed E-state index contributed by atoms with van der Waals surface area (Å²) >= 11 is 0. The Morgan fingerprint density at radius 3 is 2.60 bits per heavy atom. The average Bonchev–Trinajstić information content (AvgIpc) is 2.47. The van der Waals surface area contributed by atoms with Crippen LogP contribution in [0.25, 0.3) is 0 Å². The van der Waals surface area contributed by atoms with Gasteiger partial charge in [0.2, 0.25) is 0 Å². The zero-order chi connectivity index (χ0) is 14.5. The number of ether oxygens (including phenoxy) is 1. The molecule has 2 rings (SSSR count). The molecule has 1 aliphatic rings. The number of carbonyl (C=O) groups is 1. The van der Waals surface area contributed by atoms with Gasteiger partial charge in [0.1, 0.15) is 5.82 Å². The van der Waals surface area contributed by atoms with Gasteiger partial charge >= 0.3 is 5.97 Å². The summed E-state index contributed by atoms with van der Waals surface area (Å²) in [7, 11) is 1.71. The Kier molecular flexibility index (Phi) is 4.99. The van der Waals surface area contributed by atoms with Crippen LogP contribution in [-0.2, 0) is 9.53 Å².